The molecule has 1 heterocycles. The van der Waals surface area contributed by atoms with E-state index in [0.29, 0.717) is 18.8 Å². The first-order chi connectivity index (χ1) is 16.3. The summed E-state index contributed by atoms with van der Waals surface area (Å²) in [5, 5.41) is 3.90. The predicted molar refractivity (Wildman–Crippen MR) is 131 cm³/mol. The highest BCUT2D eigenvalue weighted by molar-refractivity contribution is 6.14. The van der Waals surface area contributed by atoms with E-state index in [1.807, 2.05) is 91.0 Å². The molecule has 0 spiro atoms. The van der Waals surface area contributed by atoms with Crippen LogP contribution in [0.3, 0.4) is 0 Å². The third-order valence-electron chi connectivity index (χ3n) is 6.35. The molecular formula is C30H22O3. The van der Waals surface area contributed by atoms with Crippen LogP contribution in [0, 0.1) is 0 Å². The quantitative estimate of drug-likeness (QED) is 0.296. The number of ketones is 1. The Balaban J connectivity index is 1.60. The van der Waals surface area contributed by atoms with E-state index in [1.54, 1.807) is 0 Å². The zero-order valence-electron chi connectivity index (χ0n) is 18.0. The van der Waals surface area contributed by atoms with Crippen molar-refractivity contribution in [2.45, 2.75) is 5.79 Å². The lowest BCUT2D eigenvalue weighted by atomic mass is 9.88. The first kappa shape index (κ1) is 19.9. The van der Waals surface area contributed by atoms with Crippen molar-refractivity contribution in [3.05, 3.63) is 120 Å². The summed E-state index contributed by atoms with van der Waals surface area (Å²) in [5.74, 6) is -1.65. The van der Waals surface area contributed by atoms with Crippen molar-refractivity contribution in [3.63, 3.8) is 0 Å². The van der Waals surface area contributed by atoms with Gasteiger partial charge in [-0.15, -0.1) is 0 Å². The minimum Gasteiger partial charge on any atom is -0.337 e. The van der Waals surface area contributed by atoms with Crippen molar-refractivity contribution in [1.29, 1.82) is 0 Å². The second-order valence-corrected chi connectivity index (χ2v) is 8.28. The lowest BCUT2D eigenvalue weighted by Gasteiger charge is -2.28. The van der Waals surface area contributed by atoms with Crippen molar-refractivity contribution >= 4 is 27.3 Å². The molecule has 0 atom stereocenters. The molecule has 1 fully saturated rings. The number of carbonyl (C=O) groups is 1. The Hall–Kier alpha value is -3.79. The maximum atomic E-state index is 14.4. The number of carbonyl (C=O) groups excluding carboxylic acids is 1. The number of hydrogen-bond donors (Lipinski definition) is 0. The van der Waals surface area contributed by atoms with E-state index in [2.05, 4.69) is 18.2 Å². The first-order valence-electron chi connectivity index (χ1n) is 11.2. The van der Waals surface area contributed by atoms with E-state index in [1.165, 1.54) is 0 Å². The summed E-state index contributed by atoms with van der Waals surface area (Å²) >= 11 is 0. The van der Waals surface area contributed by atoms with Crippen LogP contribution >= 0.6 is 0 Å². The Labute approximate surface area is 192 Å². The molecule has 1 aliphatic heterocycles. The third kappa shape index (κ3) is 3.25. The maximum absolute atomic E-state index is 14.4. The summed E-state index contributed by atoms with van der Waals surface area (Å²) in [6, 6.07) is 36.2. The summed E-state index contributed by atoms with van der Waals surface area (Å²) in [7, 11) is 0. The molecule has 0 aromatic heterocycles. The van der Waals surface area contributed by atoms with Gasteiger partial charge in [-0.2, -0.15) is 0 Å². The molecule has 33 heavy (non-hydrogen) atoms. The van der Waals surface area contributed by atoms with Gasteiger partial charge < -0.3 is 9.47 Å². The van der Waals surface area contributed by atoms with Gasteiger partial charge in [-0.25, -0.2) is 0 Å². The van der Waals surface area contributed by atoms with Gasteiger partial charge in [0.25, 0.3) is 5.79 Å². The van der Waals surface area contributed by atoms with Crippen molar-refractivity contribution in [1.82, 2.24) is 0 Å². The molecule has 0 N–H and O–H groups in total. The second-order valence-electron chi connectivity index (χ2n) is 8.28. The first-order valence-corrected chi connectivity index (χ1v) is 11.2. The van der Waals surface area contributed by atoms with E-state index in [4.69, 9.17) is 9.47 Å². The summed E-state index contributed by atoms with van der Waals surface area (Å²) in [5.41, 5.74) is 3.40. The van der Waals surface area contributed by atoms with Gasteiger partial charge in [-0.05, 0) is 44.8 Å². The molecule has 0 amide bonds. The van der Waals surface area contributed by atoms with E-state index < -0.39 is 5.79 Å². The Kier molecular flexibility index (Phi) is 4.79. The van der Waals surface area contributed by atoms with Crippen LogP contribution in [0.4, 0.5) is 0 Å². The van der Waals surface area contributed by atoms with Crippen molar-refractivity contribution in [3.8, 4) is 11.1 Å². The van der Waals surface area contributed by atoms with Crippen LogP contribution in [0.2, 0.25) is 0 Å². The smallest absolute Gasteiger partial charge is 0.262 e. The largest absolute Gasteiger partial charge is 0.337 e. The Morgan fingerprint density at radius 2 is 1.24 bits per heavy atom. The van der Waals surface area contributed by atoms with E-state index >= 15 is 0 Å². The summed E-state index contributed by atoms with van der Waals surface area (Å²) in [6.07, 6.45) is 0. The van der Waals surface area contributed by atoms with Gasteiger partial charge in [0.1, 0.15) is 0 Å². The fourth-order valence-electron chi connectivity index (χ4n) is 4.81. The van der Waals surface area contributed by atoms with Crippen LogP contribution in [0.15, 0.2) is 109 Å². The molecule has 0 unspecified atom stereocenters. The Morgan fingerprint density at radius 1 is 0.606 bits per heavy atom. The molecule has 1 aliphatic rings. The second kappa shape index (κ2) is 7.96. The topological polar surface area (TPSA) is 35.5 Å². The highest BCUT2D eigenvalue weighted by Crippen LogP contribution is 2.41. The number of hydrogen-bond acceptors (Lipinski definition) is 3. The molecule has 0 radical (unpaired) electrons. The minimum atomic E-state index is -1.47. The van der Waals surface area contributed by atoms with Crippen LogP contribution in [-0.2, 0) is 15.3 Å². The zero-order valence-corrected chi connectivity index (χ0v) is 18.0. The molecule has 3 heteroatoms. The van der Waals surface area contributed by atoms with Crippen molar-refractivity contribution < 1.29 is 14.3 Å². The molecule has 0 bridgehead atoms. The van der Waals surface area contributed by atoms with Crippen LogP contribution < -0.4 is 0 Å². The average Bonchev–Trinajstić information content (AvgIpc) is 3.39. The minimum absolute atomic E-state index is 0.176. The lowest BCUT2D eigenvalue weighted by Crippen LogP contribution is -2.37. The number of rotatable bonds is 4. The van der Waals surface area contributed by atoms with E-state index in [9.17, 15) is 4.79 Å². The Bertz CT molecular complexity index is 1480. The Morgan fingerprint density at radius 3 is 2.03 bits per heavy atom. The van der Waals surface area contributed by atoms with Gasteiger partial charge >= 0.3 is 0 Å². The van der Waals surface area contributed by atoms with E-state index in [-0.39, 0.29) is 5.78 Å². The molecule has 6 rings (SSSR count). The molecule has 0 aliphatic carbocycles. The number of fused-ring (bicyclic) bond motifs is 2. The van der Waals surface area contributed by atoms with Crippen molar-refractivity contribution in [2.75, 3.05) is 13.2 Å². The third-order valence-corrected chi connectivity index (χ3v) is 6.35. The fourth-order valence-corrected chi connectivity index (χ4v) is 4.81. The van der Waals surface area contributed by atoms with Gasteiger partial charge in [-0.3, -0.25) is 4.79 Å². The molecule has 3 nitrogen and oxygen atoms in total. The monoisotopic (exact) mass is 430 g/mol. The van der Waals surface area contributed by atoms with Crippen LogP contribution in [-0.4, -0.2) is 19.0 Å². The van der Waals surface area contributed by atoms with E-state index in [0.717, 1.165) is 38.2 Å². The highest BCUT2D eigenvalue weighted by Gasteiger charge is 2.48. The molecular weight excluding hydrogens is 408 g/mol. The normalized spacial score (nSPS) is 15.2. The van der Waals surface area contributed by atoms with Crippen molar-refractivity contribution in [2.24, 2.45) is 0 Å². The zero-order chi connectivity index (χ0) is 22.3. The van der Waals surface area contributed by atoms with Gasteiger partial charge in [0, 0.05) is 11.1 Å². The predicted octanol–water partition coefficient (Wildman–Crippen LogP) is 6.74. The van der Waals surface area contributed by atoms with Gasteiger partial charge in [-0.1, -0.05) is 97.1 Å². The summed E-state index contributed by atoms with van der Waals surface area (Å²) in [6.45, 7) is 0.733. The van der Waals surface area contributed by atoms with Gasteiger partial charge in [0.05, 0.1) is 13.2 Å². The maximum Gasteiger partial charge on any atom is 0.262 e. The highest BCUT2D eigenvalue weighted by atomic mass is 16.7. The summed E-state index contributed by atoms with van der Waals surface area (Å²) < 4.78 is 12.3. The number of benzene rings is 5. The number of ether oxygens (including phenoxy) is 2. The molecule has 5 aromatic rings. The lowest BCUT2D eigenvalue weighted by molar-refractivity contribution is -0.125. The SMILES string of the molecule is O=C(c1cc(-c2ccccc2)cc2ccccc12)C1(c2cccc3ccccc23)OCCO1. The van der Waals surface area contributed by atoms with Gasteiger partial charge in [0.15, 0.2) is 0 Å². The number of Topliss-reactive ketones (excluding diaryl/α,β-unsaturated/α-hetero) is 1. The average molecular weight is 431 g/mol. The molecule has 5 aromatic carbocycles. The van der Waals surface area contributed by atoms with Crippen LogP contribution in [0.1, 0.15) is 15.9 Å². The molecule has 1 saturated heterocycles. The van der Waals surface area contributed by atoms with Gasteiger partial charge in [0.2, 0.25) is 5.78 Å². The fraction of sp³-hybridized carbons (Fsp3) is 0.100. The standard InChI is InChI=1S/C30H22O3/c31-29(30(32-17-18-33-30)28-16-8-13-22-11-4-7-15-26(22)28)27-20-24(21-9-2-1-3-10-21)19-23-12-5-6-14-25(23)27/h1-16,19-20H,17-18H2. The molecule has 0 saturated carbocycles. The summed E-state index contributed by atoms with van der Waals surface area (Å²) in [4.78, 5) is 14.4. The van der Waals surface area contributed by atoms with Crippen LogP contribution in [0.25, 0.3) is 32.7 Å². The van der Waals surface area contributed by atoms with Crippen LogP contribution in [0.5, 0.6) is 0 Å². The molecule has 160 valence electrons.